The van der Waals surface area contributed by atoms with Gasteiger partial charge in [-0.25, -0.2) is 4.98 Å². The molecule has 3 aliphatic heterocycles. The summed E-state index contributed by atoms with van der Waals surface area (Å²) in [5.41, 5.74) is 4.93. The lowest BCUT2D eigenvalue weighted by Gasteiger charge is -2.17. The van der Waals surface area contributed by atoms with E-state index in [1.54, 1.807) is 0 Å². The highest BCUT2D eigenvalue weighted by molar-refractivity contribution is 5.84. The Bertz CT molecular complexity index is 1480. The molecule has 0 saturated heterocycles. The van der Waals surface area contributed by atoms with E-state index in [4.69, 9.17) is 14.1 Å². The molecule has 7 rings (SSSR count). The molecule has 132 valence electrons. The van der Waals surface area contributed by atoms with E-state index < -0.39 is 0 Å². The summed E-state index contributed by atoms with van der Waals surface area (Å²) in [6.45, 7) is 0.749. The van der Waals surface area contributed by atoms with E-state index >= 15 is 0 Å². The first-order chi connectivity index (χ1) is 13.9. The lowest BCUT2D eigenvalue weighted by atomic mass is 10.1. The van der Waals surface area contributed by atoms with Crippen molar-refractivity contribution in [3.63, 3.8) is 0 Å². The van der Waals surface area contributed by atoms with Gasteiger partial charge in [-0.3, -0.25) is 4.90 Å². The fourth-order valence-corrected chi connectivity index (χ4v) is 4.25. The van der Waals surface area contributed by atoms with Crippen LogP contribution in [0.4, 0.5) is 5.69 Å². The fourth-order valence-electron chi connectivity index (χ4n) is 4.25. The number of ether oxygens (including phenoxy) is 1. The van der Waals surface area contributed by atoms with Crippen molar-refractivity contribution in [2.24, 2.45) is 0 Å². The van der Waals surface area contributed by atoms with Crippen molar-refractivity contribution in [1.82, 2.24) is 4.98 Å². The topological polar surface area (TPSA) is 42.4 Å². The van der Waals surface area contributed by atoms with Crippen LogP contribution in [0, 0.1) is 0 Å². The second kappa shape index (κ2) is 4.89. The van der Waals surface area contributed by atoms with Crippen LogP contribution in [0.5, 0.6) is 5.75 Å². The Balaban J connectivity index is 1.53. The van der Waals surface area contributed by atoms with Crippen LogP contribution in [0.3, 0.4) is 0 Å². The van der Waals surface area contributed by atoms with Gasteiger partial charge >= 0.3 is 5.89 Å². The molecule has 0 saturated carbocycles. The van der Waals surface area contributed by atoms with Gasteiger partial charge in [0.25, 0.3) is 5.52 Å². The standard InChI is InChI=1S/C23H14N3O2/c1-3-7-20-18(5-1)25-11-9-16-14(22(25)27-20)13-15-17(24-16)10-12-26-19-6-2-4-8-21(19)28-23(15)26/h1-11,13H,12H2/q+1. The first-order valence-electron chi connectivity index (χ1n) is 9.28. The molecule has 28 heavy (non-hydrogen) atoms. The zero-order chi connectivity index (χ0) is 18.2. The van der Waals surface area contributed by atoms with E-state index in [9.17, 15) is 0 Å². The minimum atomic E-state index is 0.749. The predicted octanol–water partition coefficient (Wildman–Crippen LogP) is 2.53. The number of para-hydroxylation sites is 4. The predicted molar refractivity (Wildman–Crippen MR) is 105 cm³/mol. The summed E-state index contributed by atoms with van der Waals surface area (Å²) < 4.78 is 14.6. The Morgan fingerprint density at radius 1 is 1.04 bits per heavy atom. The number of rotatable bonds is 0. The average Bonchev–Trinajstić information content (AvgIpc) is 3.31. The molecule has 4 aromatic rings. The SMILES string of the molecule is C1=CN2C(=c3cc4c(nc31)=CC[n+]1c-4oc3ccccc31)Oc1ccccc12. The molecular weight excluding hydrogens is 350 g/mol. The molecule has 3 aliphatic rings. The first kappa shape index (κ1) is 14.2. The van der Waals surface area contributed by atoms with E-state index in [1.165, 1.54) is 0 Å². The largest absolute Gasteiger partial charge is 0.438 e. The van der Waals surface area contributed by atoms with Gasteiger partial charge in [0.1, 0.15) is 5.56 Å². The normalized spacial score (nSPS) is 15.3. The van der Waals surface area contributed by atoms with E-state index in [1.807, 2.05) is 48.7 Å². The van der Waals surface area contributed by atoms with Crippen molar-refractivity contribution in [1.29, 1.82) is 0 Å². The summed E-state index contributed by atoms with van der Waals surface area (Å²) in [4.78, 5) is 6.98. The quantitative estimate of drug-likeness (QED) is 0.450. The molecule has 5 heteroatoms. The Morgan fingerprint density at radius 3 is 2.93 bits per heavy atom. The van der Waals surface area contributed by atoms with Crippen LogP contribution in [0.15, 0.2) is 65.2 Å². The summed E-state index contributed by atoms with van der Waals surface area (Å²) in [6.07, 6.45) is 6.21. The lowest BCUT2D eigenvalue weighted by molar-refractivity contribution is -0.650. The minimum Gasteiger partial charge on any atom is -0.438 e. The molecule has 0 unspecified atom stereocenters. The zero-order valence-electron chi connectivity index (χ0n) is 14.8. The van der Waals surface area contributed by atoms with Gasteiger partial charge in [-0.15, -0.1) is 0 Å². The molecule has 2 aromatic heterocycles. The highest BCUT2D eigenvalue weighted by atomic mass is 16.5. The van der Waals surface area contributed by atoms with Gasteiger partial charge in [0.05, 0.1) is 21.9 Å². The summed E-state index contributed by atoms with van der Waals surface area (Å²) in [6, 6.07) is 18.3. The van der Waals surface area contributed by atoms with Gasteiger partial charge in [-0.1, -0.05) is 24.3 Å². The molecular formula is C23H14N3O2+. The third-order valence-corrected chi connectivity index (χ3v) is 5.55. The van der Waals surface area contributed by atoms with Crippen molar-refractivity contribution in [3.8, 4) is 17.2 Å². The van der Waals surface area contributed by atoms with E-state index in [-0.39, 0.29) is 0 Å². The number of fused-ring (bicyclic) bond motifs is 9. The Hall–Kier alpha value is -3.86. The lowest BCUT2D eigenvalue weighted by Crippen LogP contribution is -2.41. The second-order valence-electron chi connectivity index (χ2n) is 7.10. The van der Waals surface area contributed by atoms with Crippen LogP contribution in [-0.4, -0.2) is 4.98 Å². The molecule has 0 aliphatic carbocycles. The fraction of sp³-hybridized carbons (Fsp3) is 0.0435. The first-order valence-corrected chi connectivity index (χ1v) is 9.28. The van der Waals surface area contributed by atoms with Crippen molar-refractivity contribution >= 4 is 34.8 Å². The molecule has 0 fully saturated rings. The Labute approximate surface area is 159 Å². The highest BCUT2D eigenvalue weighted by Gasteiger charge is 2.31. The molecule has 0 spiro atoms. The van der Waals surface area contributed by atoms with Crippen molar-refractivity contribution < 1.29 is 13.7 Å². The number of hydrogen-bond acceptors (Lipinski definition) is 4. The smallest absolute Gasteiger partial charge is 0.384 e. The van der Waals surface area contributed by atoms with E-state index in [0.29, 0.717) is 0 Å². The van der Waals surface area contributed by atoms with Crippen LogP contribution < -0.4 is 24.8 Å². The van der Waals surface area contributed by atoms with Gasteiger partial charge in [0.2, 0.25) is 11.5 Å². The van der Waals surface area contributed by atoms with Crippen molar-refractivity contribution in [3.05, 3.63) is 77.1 Å². The average molecular weight is 364 g/mol. The summed E-state index contributed by atoms with van der Waals surface area (Å²) in [5, 5.41) is 1.92. The maximum Gasteiger partial charge on any atom is 0.384 e. The van der Waals surface area contributed by atoms with Crippen LogP contribution in [0.2, 0.25) is 0 Å². The van der Waals surface area contributed by atoms with Gasteiger partial charge in [-0.2, -0.15) is 4.57 Å². The van der Waals surface area contributed by atoms with Gasteiger partial charge in [0.15, 0.2) is 12.3 Å². The number of anilines is 1. The monoisotopic (exact) mass is 364 g/mol. The molecule has 0 atom stereocenters. The molecule has 2 aromatic carbocycles. The highest BCUT2D eigenvalue weighted by Crippen LogP contribution is 2.40. The second-order valence-corrected chi connectivity index (χ2v) is 7.10. The maximum atomic E-state index is 6.20. The molecule has 0 bridgehead atoms. The number of pyridine rings is 1. The number of nitrogens with zero attached hydrogens (tertiary/aromatic N) is 3. The molecule has 0 N–H and O–H groups in total. The van der Waals surface area contributed by atoms with Gasteiger partial charge in [0, 0.05) is 18.3 Å². The summed E-state index contributed by atoms with van der Waals surface area (Å²) in [5.74, 6) is 2.49. The number of oxazole rings is 1. The van der Waals surface area contributed by atoms with Crippen LogP contribution >= 0.6 is 0 Å². The third-order valence-electron chi connectivity index (χ3n) is 5.55. The van der Waals surface area contributed by atoms with Crippen molar-refractivity contribution in [2.45, 2.75) is 6.54 Å². The maximum absolute atomic E-state index is 6.20. The number of benzene rings is 2. The van der Waals surface area contributed by atoms with Crippen LogP contribution in [0.1, 0.15) is 5.69 Å². The molecule has 0 radical (unpaired) electrons. The van der Waals surface area contributed by atoms with Gasteiger partial charge < -0.3 is 9.15 Å². The summed E-state index contributed by atoms with van der Waals surface area (Å²) in [7, 11) is 0. The molecule has 5 heterocycles. The number of aromatic nitrogens is 2. The van der Waals surface area contributed by atoms with E-state index in [0.717, 1.165) is 62.7 Å². The Kier molecular flexibility index (Phi) is 2.49. The Morgan fingerprint density at radius 2 is 1.93 bits per heavy atom. The molecule has 0 amide bonds. The van der Waals surface area contributed by atoms with Crippen LogP contribution in [0.25, 0.3) is 40.6 Å². The minimum absolute atomic E-state index is 0.749. The zero-order valence-corrected chi connectivity index (χ0v) is 14.8. The molecule has 5 nitrogen and oxygen atoms in total. The number of hydrogen-bond donors (Lipinski definition) is 0. The third kappa shape index (κ3) is 1.71. The van der Waals surface area contributed by atoms with Crippen LogP contribution in [-0.2, 0) is 6.54 Å². The summed E-state index contributed by atoms with van der Waals surface area (Å²) >= 11 is 0. The van der Waals surface area contributed by atoms with Gasteiger partial charge in [-0.05, 0) is 30.3 Å². The van der Waals surface area contributed by atoms with Crippen molar-refractivity contribution in [2.75, 3.05) is 4.90 Å². The van der Waals surface area contributed by atoms with E-state index in [2.05, 4.69) is 33.7 Å².